The van der Waals surface area contributed by atoms with E-state index in [1.807, 2.05) is 6.92 Å². The molecule has 1 aromatic rings. The zero-order valence-corrected chi connectivity index (χ0v) is 14.4. The lowest BCUT2D eigenvalue weighted by Crippen LogP contribution is -3.00. The van der Waals surface area contributed by atoms with Crippen molar-refractivity contribution < 1.29 is 26.7 Å². The Morgan fingerprint density at radius 2 is 1.86 bits per heavy atom. The second-order valence-corrected chi connectivity index (χ2v) is 4.77. The largest absolute Gasteiger partial charge is 1.00 e. The fraction of sp³-hybridized carbons (Fsp3) is 0.562. The minimum absolute atomic E-state index is 0. The maximum atomic E-state index is 12.1. The Hall–Kier alpha value is -1.46. The number of carbonyl (C=O) groups is 1. The number of hydrogen-bond donors (Lipinski definition) is 1. The molecule has 0 bridgehead atoms. The lowest BCUT2D eigenvalue weighted by Gasteiger charge is -2.18. The number of nitrogens with two attached hydrogens (primary N) is 1. The van der Waals surface area contributed by atoms with Crippen molar-refractivity contribution in [3.05, 3.63) is 23.8 Å². The van der Waals surface area contributed by atoms with Crippen LogP contribution >= 0.6 is 0 Å². The average Bonchev–Trinajstić information content (AvgIpc) is 2.49. The topological polar surface area (TPSA) is 64.8 Å². The lowest BCUT2D eigenvalue weighted by atomic mass is 10.2. The molecule has 0 heterocycles. The number of anilines is 1. The van der Waals surface area contributed by atoms with E-state index in [1.165, 1.54) is 0 Å². The van der Waals surface area contributed by atoms with E-state index in [9.17, 15) is 4.79 Å². The van der Waals surface area contributed by atoms with Crippen LogP contribution in [0.3, 0.4) is 0 Å². The zero-order chi connectivity index (χ0) is 15.7. The van der Waals surface area contributed by atoms with E-state index in [0.29, 0.717) is 30.2 Å². The first kappa shape index (κ1) is 20.5. The molecule has 0 saturated carbocycles. The fourth-order valence-corrected chi connectivity index (χ4v) is 1.92. The molecule has 0 unspecified atom stereocenters. The summed E-state index contributed by atoms with van der Waals surface area (Å²) >= 11 is 0. The number of halogens is 1. The predicted molar refractivity (Wildman–Crippen MR) is 84.7 cm³/mol. The number of likely N-dealkylation sites (N-methyl/N-ethyl adjacent to an activating group) is 1. The third kappa shape index (κ3) is 6.54. The monoisotopic (exact) mass is 329 g/mol. The van der Waals surface area contributed by atoms with Crippen molar-refractivity contribution in [3.8, 4) is 5.75 Å². The molecule has 0 aliphatic carbocycles. The summed E-state index contributed by atoms with van der Waals surface area (Å²) in [6.07, 6.45) is 0.866. The minimum atomic E-state index is -0.367. The number of benzene rings is 1. The summed E-state index contributed by atoms with van der Waals surface area (Å²) in [5, 5.41) is 0. The smallest absolute Gasteiger partial charge is 0.341 e. The molecule has 0 atom stereocenters. The van der Waals surface area contributed by atoms with Crippen molar-refractivity contribution in [1.29, 1.82) is 0 Å². The molecule has 0 radical (unpaired) electrons. The van der Waals surface area contributed by atoms with Crippen molar-refractivity contribution in [2.45, 2.75) is 27.2 Å². The fourth-order valence-electron chi connectivity index (χ4n) is 1.92. The highest BCUT2D eigenvalue weighted by Crippen LogP contribution is 2.23. The van der Waals surface area contributed by atoms with Crippen LogP contribution in [0.5, 0.6) is 5.75 Å². The Balaban J connectivity index is 0.00000441. The first-order valence-electron chi connectivity index (χ1n) is 7.54. The van der Waals surface area contributed by atoms with Crippen LogP contribution in [0.2, 0.25) is 0 Å². The molecule has 0 spiro atoms. The van der Waals surface area contributed by atoms with Crippen molar-refractivity contribution in [2.75, 3.05) is 38.6 Å². The second-order valence-electron chi connectivity index (χ2n) is 4.77. The van der Waals surface area contributed by atoms with Crippen LogP contribution in [0.25, 0.3) is 0 Å². The summed E-state index contributed by atoms with van der Waals surface area (Å²) in [7, 11) is 0. The molecule has 1 rings (SSSR count). The van der Waals surface area contributed by atoms with E-state index >= 15 is 0 Å². The lowest BCUT2D eigenvalue weighted by molar-refractivity contribution is -0.0000247. The van der Waals surface area contributed by atoms with Gasteiger partial charge in [-0.25, -0.2) is 4.79 Å². The molecule has 126 valence electrons. The van der Waals surface area contributed by atoms with Gasteiger partial charge in [0.15, 0.2) is 0 Å². The number of esters is 1. The van der Waals surface area contributed by atoms with Crippen molar-refractivity contribution in [3.63, 3.8) is 0 Å². The van der Waals surface area contributed by atoms with E-state index in [0.717, 1.165) is 26.1 Å². The third-order valence-electron chi connectivity index (χ3n) is 3.22. The Morgan fingerprint density at radius 1 is 1.18 bits per heavy atom. The van der Waals surface area contributed by atoms with Gasteiger partial charge >= 0.3 is 5.97 Å². The van der Waals surface area contributed by atoms with Gasteiger partial charge in [-0.2, -0.15) is 0 Å². The van der Waals surface area contributed by atoms with Crippen LogP contribution in [-0.2, 0) is 4.74 Å². The molecule has 1 aromatic carbocycles. The van der Waals surface area contributed by atoms with Gasteiger partial charge in [-0.1, -0.05) is 20.8 Å². The second kappa shape index (κ2) is 11.2. The van der Waals surface area contributed by atoms with Crippen molar-refractivity contribution >= 4 is 11.7 Å². The third-order valence-corrected chi connectivity index (χ3v) is 3.22. The SMILES string of the molecule is CCCOc1cc(N)ccc1C(=O)OCCN(CC)CC.[Cl-]. The normalized spacial score (nSPS) is 10.2. The van der Waals surface area contributed by atoms with Crippen LogP contribution in [0.15, 0.2) is 18.2 Å². The molecular formula is C16H26ClN2O3-. The predicted octanol–water partition coefficient (Wildman–Crippen LogP) is -0.440. The number of hydrogen-bond acceptors (Lipinski definition) is 5. The van der Waals surface area contributed by atoms with E-state index in [2.05, 4.69) is 18.7 Å². The van der Waals surface area contributed by atoms with Gasteiger partial charge in [-0.05, 0) is 31.6 Å². The molecule has 0 aromatic heterocycles. The summed E-state index contributed by atoms with van der Waals surface area (Å²) in [4.78, 5) is 14.3. The molecule has 0 aliphatic rings. The van der Waals surface area contributed by atoms with Crippen molar-refractivity contribution in [2.24, 2.45) is 0 Å². The number of nitrogen functional groups attached to an aromatic ring is 1. The quantitative estimate of drug-likeness (QED) is 0.491. The van der Waals surface area contributed by atoms with Gasteiger partial charge in [-0.15, -0.1) is 0 Å². The van der Waals surface area contributed by atoms with E-state index in [4.69, 9.17) is 15.2 Å². The highest BCUT2D eigenvalue weighted by atomic mass is 35.5. The average molecular weight is 330 g/mol. The van der Waals surface area contributed by atoms with Gasteiger partial charge in [0, 0.05) is 18.3 Å². The highest BCUT2D eigenvalue weighted by Gasteiger charge is 2.14. The Morgan fingerprint density at radius 3 is 2.45 bits per heavy atom. The van der Waals surface area contributed by atoms with E-state index < -0.39 is 0 Å². The zero-order valence-electron chi connectivity index (χ0n) is 13.6. The van der Waals surface area contributed by atoms with Crippen LogP contribution in [-0.4, -0.2) is 43.7 Å². The molecular weight excluding hydrogens is 304 g/mol. The molecule has 22 heavy (non-hydrogen) atoms. The summed E-state index contributed by atoms with van der Waals surface area (Å²) in [6, 6.07) is 5.00. The Bertz CT molecular complexity index is 451. The van der Waals surface area contributed by atoms with Crippen LogP contribution in [0.1, 0.15) is 37.6 Å². The molecule has 6 heteroatoms. The van der Waals surface area contributed by atoms with Gasteiger partial charge in [0.05, 0.1) is 6.61 Å². The summed E-state index contributed by atoms with van der Waals surface area (Å²) in [5.41, 5.74) is 6.73. The number of rotatable bonds is 9. The minimum Gasteiger partial charge on any atom is -1.00 e. The maximum absolute atomic E-state index is 12.1. The Kier molecular flexibility index (Phi) is 10.4. The van der Waals surface area contributed by atoms with Gasteiger partial charge in [0.2, 0.25) is 0 Å². The van der Waals surface area contributed by atoms with Gasteiger partial charge in [0.1, 0.15) is 17.9 Å². The number of ether oxygens (including phenoxy) is 2. The standard InChI is InChI=1S/C16H26N2O3.ClH/c1-4-10-20-15-12-13(17)7-8-14(15)16(19)21-11-9-18(5-2)6-3;/h7-8,12H,4-6,9-11,17H2,1-3H3;1H/p-1. The first-order valence-corrected chi connectivity index (χ1v) is 7.54. The molecule has 0 saturated heterocycles. The van der Waals surface area contributed by atoms with Gasteiger partial charge < -0.3 is 32.5 Å². The van der Waals surface area contributed by atoms with E-state index in [1.54, 1.807) is 18.2 Å². The van der Waals surface area contributed by atoms with Gasteiger partial charge in [0.25, 0.3) is 0 Å². The maximum Gasteiger partial charge on any atom is 0.341 e. The van der Waals surface area contributed by atoms with Crippen LogP contribution in [0.4, 0.5) is 5.69 Å². The summed E-state index contributed by atoms with van der Waals surface area (Å²) in [6.45, 7) is 9.72. The van der Waals surface area contributed by atoms with Crippen molar-refractivity contribution in [1.82, 2.24) is 4.90 Å². The van der Waals surface area contributed by atoms with Gasteiger partial charge in [-0.3, -0.25) is 0 Å². The first-order chi connectivity index (χ1) is 10.1. The highest BCUT2D eigenvalue weighted by molar-refractivity contribution is 5.93. The molecule has 0 fully saturated rings. The number of nitrogens with zero attached hydrogens (tertiary/aromatic N) is 1. The summed E-state index contributed by atoms with van der Waals surface area (Å²) < 4.78 is 10.9. The van der Waals surface area contributed by atoms with Crippen LogP contribution < -0.4 is 22.9 Å². The van der Waals surface area contributed by atoms with Crippen LogP contribution in [0, 0.1) is 0 Å². The molecule has 5 nitrogen and oxygen atoms in total. The number of carbonyl (C=O) groups excluding carboxylic acids is 1. The molecule has 0 amide bonds. The molecule has 0 aliphatic heterocycles. The summed E-state index contributed by atoms with van der Waals surface area (Å²) in [5.74, 6) is 0.123. The molecule has 2 N–H and O–H groups in total. The van der Waals surface area contributed by atoms with E-state index in [-0.39, 0.29) is 18.4 Å². The Labute approximate surface area is 139 Å².